The molecule has 0 N–H and O–H groups in total. The molecule has 0 radical (unpaired) electrons. The van der Waals surface area contributed by atoms with Gasteiger partial charge in [0.25, 0.3) is 0 Å². The number of hydrogen-bond acceptors (Lipinski definition) is 4. The van der Waals surface area contributed by atoms with Crippen LogP contribution in [0.3, 0.4) is 0 Å². The van der Waals surface area contributed by atoms with Crippen LogP contribution in [0, 0.1) is 4.91 Å². The molecule has 1 aromatic heterocycles. The third kappa shape index (κ3) is 1.20. The van der Waals surface area contributed by atoms with Gasteiger partial charge < -0.3 is 0 Å². The van der Waals surface area contributed by atoms with Crippen LogP contribution < -0.4 is 0 Å². The molecule has 0 aliphatic carbocycles. The fourth-order valence-corrected chi connectivity index (χ4v) is 0.515. The lowest BCUT2D eigenvalue weighted by Crippen LogP contribution is -1.76. The maximum atomic E-state index is 9.79. The summed E-state index contributed by atoms with van der Waals surface area (Å²) >= 11 is 5.36. The highest BCUT2D eigenvalue weighted by atomic mass is 35.5. The van der Waals surface area contributed by atoms with Crippen molar-refractivity contribution in [3.8, 4) is 0 Å². The molecule has 0 unspecified atom stereocenters. The first-order valence-corrected chi connectivity index (χ1v) is 2.52. The van der Waals surface area contributed by atoms with Gasteiger partial charge in [-0.2, -0.15) is 0 Å². The van der Waals surface area contributed by atoms with Gasteiger partial charge in [0.1, 0.15) is 0 Å². The monoisotopic (exact) mass is 143 g/mol. The molecule has 0 spiro atoms. The fraction of sp³-hybridized carbons (Fsp3) is 0. The van der Waals surface area contributed by atoms with E-state index < -0.39 is 0 Å². The van der Waals surface area contributed by atoms with E-state index in [0.29, 0.717) is 0 Å². The minimum atomic E-state index is -0.0702. The third-order valence-electron chi connectivity index (χ3n) is 0.722. The molecule has 9 heavy (non-hydrogen) atoms. The van der Waals surface area contributed by atoms with Crippen molar-refractivity contribution >= 4 is 17.4 Å². The van der Waals surface area contributed by atoms with E-state index in [1.807, 2.05) is 0 Å². The maximum Gasteiger partial charge on any atom is 0.234 e. The van der Waals surface area contributed by atoms with Crippen LogP contribution >= 0.6 is 11.6 Å². The van der Waals surface area contributed by atoms with Crippen LogP contribution in [0.5, 0.6) is 0 Å². The Balaban J connectivity index is 3.15. The number of hydrogen-bond donors (Lipinski definition) is 0. The quantitative estimate of drug-likeness (QED) is 0.560. The van der Waals surface area contributed by atoms with Gasteiger partial charge in [0, 0.05) is 12.4 Å². The number of halogens is 1. The van der Waals surface area contributed by atoms with Crippen LogP contribution in [0.15, 0.2) is 17.6 Å². The predicted molar refractivity (Wildman–Crippen MR) is 32.5 cm³/mol. The lowest BCUT2D eigenvalue weighted by molar-refractivity contribution is 1.17. The van der Waals surface area contributed by atoms with Crippen molar-refractivity contribution in [1.29, 1.82) is 0 Å². The molecule has 1 aromatic rings. The molecule has 4 nitrogen and oxygen atoms in total. The van der Waals surface area contributed by atoms with Crippen molar-refractivity contribution in [2.75, 3.05) is 0 Å². The average Bonchev–Trinajstić information content (AvgIpc) is 1.89. The molecule has 1 rings (SSSR count). The van der Waals surface area contributed by atoms with Gasteiger partial charge in [-0.25, -0.2) is 9.97 Å². The van der Waals surface area contributed by atoms with E-state index in [9.17, 15) is 4.91 Å². The topological polar surface area (TPSA) is 55.2 Å². The highest BCUT2D eigenvalue weighted by molar-refractivity contribution is 6.31. The summed E-state index contributed by atoms with van der Waals surface area (Å²) < 4.78 is 0. The van der Waals surface area contributed by atoms with Crippen LogP contribution in [0.1, 0.15) is 0 Å². The van der Waals surface area contributed by atoms with Gasteiger partial charge in [-0.1, -0.05) is 11.6 Å². The van der Waals surface area contributed by atoms with Gasteiger partial charge in [0.15, 0.2) is 5.15 Å². The van der Waals surface area contributed by atoms with Crippen molar-refractivity contribution in [1.82, 2.24) is 9.97 Å². The summed E-state index contributed by atoms with van der Waals surface area (Å²) in [4.78, 5) is 16.9. The molecule has 0 fully saturated rings. The summed E-state index contributed by atoms with van der Waals surface area (Å²) in [6.07, 6.45) is 2.74. The van der Waals surface area contributed by atoms with Gasteiger partial charge in [-0.05, 0) is 5.18 Å². The predicted octanol–water partition coefficient (Wildman–Crippen LogP) is 1.53. The van der Waals surface area contributed by atoms with Crippen molar-refractivity contribution in [3.05, 3.63) is 22.5 Å². The van der Waals surface area contributed by atoms with Gasteiger partial charge in [-0.3, -0.25) is 0 Å². The standard InChI is InChI=1S/C4H2ClN3O/c5-3-4(8-9)7-2-1-6-3/h1-2H. The molecule has 5 heteroatoms. The number of aromatic nitrogens is 2. The smallest absolute Gasteiger partial charge is 0.234 e. The van der Waals surface area contributed by atoms with Gasteiger partial charge in [-0.15, -0.1) is 4.91 Å². The van der Waals surface area contributed by atoms with Crippen LogP contribution in [0.4, 0.5) is 5.82 Å². The second-order valence-corrected chi connectivity index (χ2v) is 1.62. The molecule has 0 bridgehead atoms. The molecular weight excluding hydrogens is 142 g/mol. The van der Waals surface area contributed by atoms with Crippen molar-refractivity contribution in [3.63, 3.8) is 0 Å². The minimum Gasteiger partial charge on any atom is -0.239 e. The molecule has 0 atom stereocenters. The van der Waals surface area contributed by atoms with Crippen LogP contribution in [-0.2, 0) is 0 Å². The summed E-state index contributed by atoms with van der Waals surface area (Å²) in [7, 11) is 0. The molecule has 46 valence electrons. The zero-order valence-electron chi connectivity index (χ0n) is 4.28. The second-order valence-electron chi connectivity index (χ2n) is 1.26. The minimum absolute atomic E-state index is 0.0347. The van der Waals surface area contributed by atoms with Crippen molar-refractivity contribution in [2.24, 2.45) is 5.18 Å². The van der Waals surface area contributed by atoms with E-state index in [1.165, 1.54) is 12.4 Å². The summed E-state index contributed by atoms with van der Waals surface area (Å²) in [6, 6.07) is 0. The summed E-state index contributed by atoms with van der Waals surface area (Å²) in [5.74, 6) is -0.0702. The van der Waals surface area contributed by atoms with E-state index >= 15 is 0 Å². The van der Waals surface area contributed by atoms with Gasteiger partial charge in [0.2, 0.25) is 5.82 Å². The van der Waals surface area contributed by atoms with E-state index in [4.69, 9.17) is 11.6 Å². The van der Waals surface area contributed by atoms with Crippen LogP contribution in [-0.4, -0.2) is 9.97 Å². The van der Waals surface area contributed by atoms with Crippen LogP contribution in [0.2, 0.25) is 5.15 Å². The zero-order valence-corrected chi connectivity index (χ0v) is 5.04. The summed E-state index contributed by atoms with van der Waals surface area (Å²) in [6.45, 7) is 0. The lowest BCUT2D eigenvalue weighted by atomic mass is 10.7. The number of nitrogens with zero attached hydrogens (tertiary/aromatic N) is 3. The molecule has 1 heterocycles. The van der Waals surface area contributed by atoms with Gasteiger partial charge >= 0.3 is 0 Å². The average molecular weight is 144 g/mol. The zero-order chi connectivity index (χ0) is 6.69. The molecular formula is C4H2ClN3O. The lowest BCUT2D eigenvalue weighted by Gasteiger charge is -1.86. The Morgan fingerprint density at radius 1 is 1.44 bits per heavy atom. The van der Waals surface area contributed by atoms with Crippen molar-refractivity contribution in [2.45, 2.75) is 0 Å². The molecule has 0 saturated carbocycles. The molecule has 0 saturated heterocycles. The molecule has 0 aliphatic rings. The highest BCUT2D eigenvalue weighted by Gasteiger charge is 1.98. The molecule has 0 aromatic carbocycles. The summed E-state index contributed by atoms with van der Waals surface area (Å²) in [5, 5.41) is 2.55. The first kappa shape index (κ1) is 6.10. The number of rotatable bonds is 1. The van der Waals surface area contributed by atoms with Crippen molar-refractivity contribution < 1.29 is 0 Å². The highest BCUT2D eigenvalue weighted by Crippen LogP contribution is 2.16. The normalized spacial score (nSPS) is 9.00. The molecule has 0 amide bonds. The van der Waals surface area contributed by atoms with E-state index in [0.717, 1.165) is 0 Å². The SMILES string of the molecule is O=Nc1nccnc1Cl. The summed E-state index contributed by atoms with van der Waals surface area (Å²) in [5.41, 5.74) is 0. The largest absolute Gasteiger partial charge is 0.239 e. The van der Waals surface area contributed by atoms with E-state index in [2.05, 4.69) is 15.1 Å². The van der Waals surface area contributed by atoms with E-state index in [-0.39, 0.29) is 11.0 Å². The van der Waals surface area contributed by atoms with E-state index in [1.54, 1.807) is 0 Å². The Morgan fingerprint density at radius 2 is 2.11 bits per heavy atom. The second kappa shape index (κ2) is 2.50. The Bertz CT molecular complexity index is 227. The van der Waals surface area contributed by atoms with Crippen LogP contribution in [0.25, 0.3) is 0 Å². The first-order chi connectivity index (χ1) is 4.34. The number of nitroso groups, excluding NO2 is 1. The first-order valence-electron chi connectivity index (χ1n) is 2.14. The van der Waals surface area contributed by atoms with Gasteiger partial charge in [0.05, 0.1) is 0 Å². The Hall–Kier alpha value is -1.03. The Kier molecular flexibility index (Phi) is 1.69. The third-order valence-corrected chi connectivity index (χ3v) is 0.989. The maximum absolute atomic E-state index is 9.79. The Labute approximate surface area is 55.9 Å². The Morgan fingerprint density at radius 3 is 2.56 bits per heavy atom. The fourth-order valence-electron chi connectivity index (χ4n) is 0.375. The molecule has 0 aliphatic heterocycles.